The molecule has 1 aromatic carbocycles. The van der Waals surface area contributed by atoms with Crippen molar-refractivity contribution in [3.8, 4) is 0 Å². The summed E-state index contributed by atoms with van der Waals surface area (Å²) in [6.45, 7) is 0.668. The van der Waals surface area contributed by atoms with Crippen molar-refractivity contribution in [3.63, 3.8) is 0 Å². The quantitative estimate of drug-likeness (QED) is 0.533. The van der Waals surface area contributed by atoms with E-state index in [1.807, 2.05) is 0 Å². The van der Waals surface area contributed by atoms with E-state index in [0.717, 1.165) is 12.8 Å². The predicted molar refractivity (Wildman–Crippen MR) is 92.7 cm³/mol. The summed E-state index contributed by atoms with van der Waals surface area (Å²) in [5.74, 6) is -0.517. The first-order valence-corrected chi connectivity index (χ1v) is 8.91. The summed E-state index contributed by atoms with van der Waals surface area (Å²) in [7, 11) is 0. The van der Waals surface area contributed by atoms with Gasteiger partial charge in [0.05, 0.1) is 0 Å². The molecule has 3 N–H and O–H groups in total. The highest BCUT2D eigenvalue weighted by Crippen LogP contribution is 2.34. The second-order valence-electron chi connectivity index (χ2n) is 6.73. The lowest BCUT2D eigenvalue weighted by atomic mass is 9.98. The van der Waals surface area contributed by atoms with Gasteiger partial charge >= 0.3 is 12.1 Å². The number of imide groups is 1. The standard InChI is InChI=1S/C18H23FN4O3/c19-14-7-2-1-6-13(14)12-21-16(25)20-10-5-11-23-15(24)18(22-17(23)26)8-3-4-9-18/h1-2,6-7H,3-5,8-12H2,(H,22,26)(H2,20,21,25). The van der Waals surface area contributed by atoms with Crippen LogP contribution in [0.5, 0.6) is 0 Å². The van der Waals surface area contributed by atoms with Crippen LogP contribution in [-0.2, 0) is 11.3 Å². The second kappa shape index (κ2) is 7.72. The number of hydrogen-bond acceptors (Lipinski definition) is 3. The predicted octanol–water partition coefficient (Wildman–Crippen LogP) is 1.88. The van der Waals surface area contributed by atoms with Crippen LogP contribution in [-0.4, -0.2) is 41.5 Å². The summed E-state index contributed by atoms with van der Waals surface area (Å²) in [6.07, 6.45) is 3.76. The Bertz CT molecular complexity index is 703. The molecular formula is C18H23FN4O3. The zero-order chi connectivity index (χ0) is 18.6. The zero-order valence-electron chi connectivity index (χ0n) is 14.5. The van der Waals surface area contributed by atoms with Gasteiger partial charge < -0.3 is 16.0 Å². The topological polar surface area (TPSA) is 90.5 Å². The van der Waals surface area contributed by atoms with E-state index in [4.69, 9.17) is 0 Å². The van der Waals surface area contributed by atoms with Gasteiger partial charge in [-0.05, 0) is 25.3 Å². The first-order chi connectivity index (χ1) is 12.5. The molecule has 2 fully saturated rings. The molecule has 0 aromatic heterocycles. The summed E-state index contributed by atoms with van der Waals surface area (Å²) in [5.41, 5.74) is -0.286. The van der Waals surface area contributed by atoms with Gasteiger partial charge in [0.1, 0.15) is 11.4 Å². The van der Waals surface area contributed by atoms with E-state index in [0.29, 0.717) is 31.4 Å². The summed E-state index contributed by atoms with van der Waals surface area (Å²) in [4.78, 5) is 37.5. The fraction of sp³-hybridized carbons (Fsp3) is 0.500. The van der Waals surface area contributed by atoms with Crippen molar-refractivity contribution >= 4 is 18.0 Å². The number of carbonyl (C=O) groups is 3. The number of amides is 5. The van der Waals surface area contributed by atoms with Crippen LogP contribution in [0.3, 0.4) is 0 Å². The van der Waals surface area contributed by atoms with Crippen LogP contribution in [0.15, 0.2) is 24.3 Å². The maximum Gasteiger partial charge on any atom is 0.325 e. The van der Waals surface area contributed by atoms with Gasteiger partial charge in [-0.1, -0.05) is 31.0 Å². The number of benzene rings is 1. The van der Waals surface area contributed by atoms with Gasteiger partial charge in [-0.3, -0.25) is 9.69 Å². The Morgan fingerprint density at radius 2 is 1.92 bits per heavy atom. The van der Waals surface area contributed by atoms with Crippen molar-refractivity contribution < 1.29 is 18.8 Å². The SMILES string of the molecule is O=C(NCCCN1C(=O)NC2(CCCC2)C1=O)NCc1ccccc1F. The van der Waals surface area contributed by atoms with E-state index in [9.17, 15) is 18.8 Å². The Morgan fingerprint density at radius 3 is 2.65 bits per heavy atom. The maximum atomic E-state index is 13.5. The fourth-order valence-corrected chi connectivity index (χ4v) is 3.52. The van der Waals surface area contributed by atoms with E-state index in [1.54, 1.807) is 18.2 Å². The molecule has 1 heterocycles. The first-order valence-electron chi connectivity index (χ1n) is 8.91. The Kier molecular flexibility index (Phi) is 5.39. The highest BCUT2D eigenvalue weighted by Gasteiger charge is 2.51. The van der Waals surface area contributed by atoms with Crippen molar-refractivity contribution in [1.82, 2.24) is 20.9 Å². The van der Waals surface area contributed by atoms with Crippen molar-refractivity contribution in [3.05, 3.63) is 35.6 Å². The molecule has 0 atom stereocenters. The van der Waals surface area contributed by atoms with E-state index in [-0.39, 0.29) is 30.8 Å². The smallest absolute Gasteiger partial charge is 0.325 e. The van der Waals surface area contributed by atoms with Crippen LogP contribution < -0.4 is 16.0 Å². The lowest BCUT2D eigenvalue weighted by Gasteiger charge is -2.20. The molecule has 140 valence electrons. The van der Waals surface area contributed by atoms with Gasteiger partial charge in [-0.2, -0.15) is 0 Å². The van der Waals surface area contributed by atoms with E-state index >= 15 is 0 Å². The number of halogens is 1. The average molecular weight is 362 g/mol. The molecule has 7 nitrogen and oxygen atoms in total. The van der Waals surface area contributed by atoms with Crippen LogP contribution >= 0.6 is 0 Å². The highest BCUT2D eigenvalue weighted by atomic mass is 19.1. The summed E-state index contributed by atoms with van der Waals surface area (Å²) in [5, 5.41) is 8.05. The lowest BCUT2D eigenvalue weighted by Crippen LogP contribution is -2.44. The molecule has 1 aliphatic heterocycles. The Morgan fingerprint density at radius 1 is 1.19 bits per heavy atom. The third-order valence-electron chi connectivity index (χ3n) is 4.94. The minimum atomic E-state index is -0.693. The molecule has 5 amide bonds. The zero-order valence-corrected chi connectivity index (χ0v) is 14.5. The Balaban J connectivity index is 1.37. The molecule has 1 spiro atoms. The maximum absolute atomic E-state index is 13.5. The second-order valence-corrected chi connectivity index (χ2v) is 6.73. The average Bonchev–Trinajstić information content (AvgIpc) is 3.18. The van der Waals surface area contributed by atoms with Gasteiger partial charge in [-0.15, -0.1) is 0 Å². The third kappa shape index (κ3) is 3.79. The Hall–Kier alpha value is -2.64. The number of carbonyl (C=O) groups excluding carboxylic acids is 3. The lowest BCUT2D eigenvalue weighted by molar-refractivity contribution is -0.131. The molecule has 3 rings (SSSR count). The molecule has 8 heteroatoms. The Labute approximate surface area is 151 Å². The van der Waals surface area contributed by atoms with Crippen LogP contribution in [0.4, 0.5) is 14.0 Å². The minimum absolute atomic E-state index is 0.0913. The van der Waals surface area contributed by atoms with E-state index in [1.165, 1.54) is 11.0 Å². The van der Waals surface area contributed by atoms with Crippen LogP contribution in [0, 0.1) is 5.82 Å². The molecular weight excluding hydrogens is 339 g/mol. The van der Waals surface area contributed by atoms with Crippen LogP contribution in [0.25, 0.3) is 0 Å². The minimum Gasteiger partial charge on any atom is -0.338 e. The van der Waals surface area contributed by atoms with Crippen molar-refractivity contribution in [2.75, 3.05) is 13.1 Å². The number of hydrogen-bond donors (Lipinski definition) is 3. The molecule has 0 bridgehead atoms. The summed E-state index contributed by atoms with van der Waals surface area (Å²) < 4.78 is 13.5. The van der Waals surface area contributed by atoms with Crippen molar-refractivity contribution in [1.29, 1.82) is 0 Å². The molecule has 1 aliphatic carbocycles. The summed E-state index contributed by atoms with van der Waals surface area (Å²) >= 11 is 0. The molecule has 1 saturated heterocycles. The normalized spacial score (nSPS) is 18.3. The fourth-order valence-electron chi connectivity index (χ4n) is 3.52. The molecule has 2 aliphatic rings. The van der Waals surface area contributed by atoms with Gasteiger partial charge in [-0.25, -0.2) is 14.0 Å². The molecule has 1 aromatic rings. The monoisotopic (exact) mass is 362 g/mol. The third-order valence-corrected chi connectivity index (χ3v) is 4.94. The number of rotatable bonds is 6. The van der Waals surface area contributed by atoms with E-state index < -0.39 is 11.6 Å². The van der Waals surface area contributed by atoms with Crippen LogP contribution in [0.2, 0.25) is 0 Å². The molecule has 26 heavy (non-hydrogen) atoms. The van der Waals surface area contributed by atoms with E-state index in [2.05, 4.69) is 16.0 Å². The van der Waals surface area contributed by atoms with Gasteiger partial charge in [0.25, 0.3) is 5.91 Å². The van der Waals surface area contributed by atoms with Crippen molar-refractivity contribution in [2.24, 2.45) is 0 Å². The molecule has 0 unspecified atom stereocenters. The number of urea groups is 2. The molecule has 1 saturated carbocycles. The van der Waals surface area contributed by atoms with Crippen molar-refractivity contribution in [2.45, 2.75) is 44.2 Å². The molecule has 0 radical (unpaired) electrons. The van der Waals surface area contributed by atoms with Crippen LogP contribution in [0.1, 0.15) is 37.7 Å². The summed E-state index contributed by atoms with van der Waals surface area (Å²) in [6, 6.07) is 5.46. The number of nitrogens with one attached hydrogen (secondary N) is 3. The van der Waals surface area contributed by atoms with Gasteiger partial charge in [0.2, 0.25) is 0 Å². The van der Waals surface area contributed by atoms with Gasteiger partial charge in [0.15, 0.2) is 0 Å². The number of nitrogens with zero attached hydrogens (tertiary/aromatic N) is 1. The highest BCUT2D eigenvalue weighted by molar-refractivity contribution is 6.07. The largest absolute Gasteiger partial charge is 0.338 e. The van der Waals surface area contributed by atoms with Gasteiger partial charge in [0, 0.05) is 25.2 Å². The first kappa shape index (κ1) is 18.2.